The number of hydrogen-bond donors (Lipinski definition) is 0. The van der Waals surface area contributed by atoms with Crippen LogP contribution in [-0.2, 0) is 16.8 Å². The molecule has 0 fully saturated rings. The standard InChI is InChI=1S/C22H29Cl2N7O4S/c1-15-12-16(2)31(21(32)17-6-7-19(23)20(24)13-17)22(33)29(11-10-28(5)25-15)14-18-8-9-30(26-18)36(34,35)27(3)4/h6-9,13,16H,10-12,14H2,1-5H3/b25-15+/t16-/m1/s1. The van der Waals surface area contributed by atoms with Crippen LogP contribution in [0.3, 0.4) is 0 Å². The van der Waals surface area contributed by atoms with E-state index < -0.39 is 28.2 Å². The second-order valence-corrected chi connectivity index (χ2v) is 11.6. The Morgan fingerprint density at radius 3 is 2.50 bits per heavy atom. The Balaban J connectivity index is 1.98. The zero-order chi connectivity index (χ0) is 26.8. The van der Waals surface area contributed by atoms with Crippen molar-refractivity contribution < 1.29 is 18.0 Å². The molecule has 3 rings (SSSR count). The van der Waals surface area contributed by atoms with Crippen LogP contribution in [0.1, 0.15) is 36.3 Å². The number of benzene rings is 1. The molecule has 0 saturated carbocycles. The lowest BCUT2D eigenvalue weighted by Crippen LogP contribution is -2.52. The van der Waals surface area contributed by atoms with Crippen molar-refractivity contribution in [3.8, 4) is 0 Å². The van der Waals surface area contributed by atoms with Crippen LogP contribution in [0.25, 0.3) is 0 Å². The lowest BCUT2D eigenvalue weighted by atomic mass is 10.1. The van der Waals surface area contributed by atoms with Crippen LogP contribution < -0.4 is 0 Å². The molecule has 0 unspecified atom stereocenters. The molecular formula is C22H29Cl2N7O4S. The van der Waals surface area contributed by atoms with Gasteiger partial charge in [0.25, 0.3) is 5.91 Å². The highest BCUT2D eigenvalue weighted by atomic mass is 35.5. The second-order valence-electron chi connectivity index (χ2n) is 8.75. The minimum absolute atomic E-state index is 0.0107. The topological polar surface area (TPSA) is 111 Å². The normalized spacial score (nSPS) is 19.4. The number of amides is 3. The maximum absolute atomic E-state index is 13.8. The van der Waals surface area contributed by atoms with Crippen LogP contribution >= 0.6 is 23.2 Å². The molecule has 0 N–H and O–H groups in total. The molecule has 1 aliphatic heterocycles. The average molecular weight is 558 g/mol. The van der Waals surface area contributed by atoms with Gasteiger partial charge in [-0.1, -0.05) is 23.2 Å². The van der Waals surface area contributed by atoms with E-state index in [1.54, 1.807) is 19.0 Å². The summed E-state index contributed by atoms with van der Waals surface area (Å²) < 4.78 is 26.7. The molecule has 1 atom stereocenters. The molecular weight excluding hydrogens is 529 g/mol. The largest absolute Gasteiger partial charge is 0.327 e. The van der Waals surface area contributed by atoms with Gasteiger partial charge in [0.15, 0.2) is 0 Å². The van der Waals surface area contributed by atoms with Gasteiger partial charge in [-0.2, -0.15) is 27.0 Å². The number of imide groups is 1. The van der Waals surface area contributed by atoms with Gasteiger partial charge in [-0.25, -0.2) is 4.79 Å². The summed E-state index contributed by atoms with van der Waals surface area (Å²) in [6.07, 6.45) is 1.68. The summed E-state index contributed by atoms with van der Waals surface area (Å²) in [5, 5.41) is 10.9. The molecule has 36 heavy (non-hydrogen) atoms. The first-order valence-corrected chi connectivity index (χ1v) is 13.3. The molecule has 2 aromatic rings. The van der Waals surface area contributed by atoms with Crippen molar-refractivity contribution in [1.29, 1.82) is 0 Å². The number of urea groups is 1. The number of carbonyl (C=O) groups is 2. The lowest BCUT2D eigenvalue weighted by Gasteiger charge is -2.35. The third-order valence-electron chi connectivity index (χ3n) is 5.60. The van der Waals surface area contributed by atoms with Crippen LogP contribution in [-0.4, -0.2) is 94.6 Å². The summed E-state index contributed by atoms with van der Waals surface area (Å²) in [6, 6.07) is 4.91. The minimum atomic E-state index is -3.80. The lowest BCUT2D eigenvalue weighted by molar-refractivity contribution is 0.0690. The fourth-order valence-corrected chi connectivity index (χ4v) is 4.78. The summed E-state index contributed by atoms with van der Waals surface area (Å²) in [5.74, 6) is -0.529. The van der Waals surface area contributed by atoms with Crippen molar-refractivity contribution in [3.05, 3.63) is 51.8 Å². The van der Waals surface area contributed by atoms with Crippen molar-refractivity contribution in [2.75, 3.05) is 34.2 Å². The molecule has 0 saturated heterocycles. The van der Waals surface area contributed by atoms with E-state index in [9.17, 15) is 18.0 Å². The molecule has 3 amide bonds. The highest BCUT2D eigenvalue weighted by Gasteiger charge is 2.33. The molecule has 1 aliphatic rings. The van der Waals surface area contributed by atoms with Crippen molar-refractivity contribution in [1.82, 2.24) is 28.3 Å². The summed E-state index contributed by atoms with van der Waals surface area (Å²) >= 11 is 12.1. The Morgan fingerprint density at radius 2 is 1.86 bits per heavy atom. The zero-order valence-electron chi connectivity index (χ0n) is 20.7. The highest BCUT2D eigenvalue weighted by Crippen LogP contribution is 2.25. The van der Waals surface area contributed by atoms with Gasteiger partial charge >= 0.3 is 16.2 Å². The number of hydrogen-bond acceptors (Lipinski definition) is 7. The SMILES string of the molecule is C/C1=N\N(C)CCN(Cc2ccn(S(=O)(=O)N(C)C)n2)C(=O)N(C(=O)c2ccc(Cl)c(Cl)c2)[C@H](C)C1. The molecule has 2 heterocycles. The molecule has 11 nitrogen and oxygen atoms in total. The Morgan fingerprint density at radius 1 is 1.17 bits per heavy atom. The maximum atomic E-state index is 13.8. The van der Waals surface area contributed by atoms with E-state index in [1.807, 2.05) is 6.92 Å². The first-order chi connectivity index (χ1) is 16.8. The number of rotatable bonds is 5. The summed E-state index contributed by atoms with van der Waals surface area (Å²) in [7, 11) is 0.797. The Hall–Kier alpha value is -2.67. The van der Waals surface area contributed by atoms with E-state index in [0.717, 1.165) is 14.1 Å². The number of aromatic nitrogens is 2. The van der Waals surface area contributed by atoms with Gasteiger partial charge in [0.05, 0.1) is 28.8 Å². The van der Waals surface area contributed by atoms with Crippen LogP contribution in [0.5, 0.6) is 0 Å². The fraction of sp³-hybridized carbons (Fsp3) is 0.455. The molecule has 0 aliphatic carbocycles. The van der Waals surface area contributed by atoms with E-state index in [0.29, 0.717) is 23.7 Å². The third kappa shape index (κ3) is 6.17. The third-order valence-corrected chi connectivity index (χ3v) is 7.94. The molecule has 1 aromatic heterocycles. The number of halogens is 2. The highest BCUT2D eigenvalue weighted by molar-refractivity contribution is 7.87. The predicted molar refractivity (Wildman–Crippen MR) is 138 cm³/mol. The van der Waals surface area contributed by atoms with Gasteiger partial charge in [0.2, 0.25) is 0 Å². The van der Waals surface area contributed by atoms with Gasteiger partial charge in [0.1, 0.15) is 0 Å². The second kappa shape index (κ2) is 11.2. The van der Waals surface area contributed by atoms with Crippen LogP contribution in [0.2, 0.25) is 10.0 Å². The fourth-order valence-electron chi connectivity index (χ4n) is 3.72. The number of likely N-dealkylation sites (N-methyl/N-ethyl adjacent to an activating group) is 1. The Kier molecular flexibility index (Phi) is 8.65. The van der Waals surface area contributed by atoms with Gasteiger partial charge in [0, 0.05) is 57.6 Å². The summed E-state index contributed by atoms with van der Waals surface area (Å²) in [4.78, 5) is 30.0. The number of nitrogens with zero attached hydrogens (tertiary/aromatic N) is 7. The van der Waals surface area contributed by atoms with E-state index in [2.05, 4.69) is 10.2 Å². The summed E-state index contributed by atoms with van der Waals surface area (Å²) in [6.45, 7) is 4.21. The molecule has 14 heteroatoms. The van der Waals surface area contributed by atoms with Gasteiger partial charge in [-0.3, -0.25) is 14.7 Å². The average Bonchev–Trinajstić information content (AvgIpc) is 3.27. The monoisotopic (exact) mass is 557 g/mol. The molecule has 1 aromatic carbocycles. The quantitative estimate of drug-likeness (QED) is 0.558. The van der Waals surface area contributed by atoms with Gasteiger partial charge < -0.3 is 4.90 Å². The van der Waals surface area contributed by atoms with E-state index >= 15 is 0 Å². The van der Waals surface area contributed by atoms with Gasteiger partial charge in [-0.15, -0.1) is 0 Å². The maximum Gasteiger partial charge on any atom is 0.327 e. The summed E-state index contributed by atoms with van der Waals surface area (Å²) in [5.41, 5.74) is 1.34. The molecule has 0 spiro atoms. The number of hydrazone groups is 1. The first kappa shape index (κ1) is 27.9. The molecule has 196 valence electrons. The Labute approximate surface area is 221 Å². The molecule has 0 radical (unpaired) electrons. The molecule has 0 bridgehead atoms. The van der Waals surface area contributed by atoms with Crippen molar-refractivity contribution in [3.63, 3.8) is 0 Å². The van der Waals surface area contributed by atoms with Crippen LogP contribution in [0.4, 0.5) is 4.79 Å². The minimum Gasteiger partial charge on any atom is -0.316 e. The smallest absolute Gasteiger partial charge is 0.316 e. The predicted octanol–water partition coefficient (Wildman–Crippen LogP) is 3.01. The van der Waals surface area contributed by atoms with Crippen molar-refractivity contribution in [2.45, 2.75) is 32.9 Å². The van der Waals surface area contributed by atoms with E-state index in [1.165, 1.54) is 54.4 Å². The van der Waals surface area contributed by atoms with Crippen molar-refractivity contribution in [2.24, 2.45) is 5.10 Å². The Bertz CT molecular complexity index is 1280. The van der Waals surface area contributed by atoms with E-state index in [4.69, 9.17) is 23.2 Å². The first-order valence-electron chi connectivity index (χ1n) is 11.1. The van der Waals surface area contributed by atoms with Crippen LogP contribution in [0.15, 0.2) is 35.6 Å². The van der Waals surface area contributed by atoms with Crippen LogP contribution in [0, 0.1) is 0 Å². The van der Waals surface area contributed by atoms with E-state index in [-0.39, 0.29) is 23.7 Å². The van der Waals surface area contributed by atoms with Gasteiger partial charge in [-0.05, 0) is 38.1 Å². The number of carbonyl (C=O) groups excluding carboxylic acids is 2. The van der Waals surface area contributed by atoms with Crippen molar-refractivity contribution >= 4 is 51.1 Å². The zero-order valence-corrected chi connectivity index (χ0v) is 23.0.